The van der Waals surface area contributed by atoms with Crippen molar-refractivity contribution in [1.29, 1.82) is 0 Å². The molecule has 19 heavy (non-hydrogen) atoms. The fourth-order valence-corrected chi connectivity index (χ4v) is 1.44. The minimum Gasteiger partial charge on any atom is -0.476 e. The lowest BCUT2D eigenvalue weighted by molar-refractivity contribution is 0.00380. The SMILES string of the molecule is Nc1ccc(NCC(O)C(F)F)nc1OCC1CC1. The van der Waals surface area contributed by atoms with E-state index in [2.05, 4.69) is 10.3 Å². The van der Waals surface area contributed by atoms with Crippen LogP contribution in [-0.4, -0.2) is 35.8 Å². The quantitative estimate of drug-likeness (QED) is 0.701. The van der Waals surface area contributed by atoms with Gasteiger partial charge in [0.1, 0.15) is 11.9 Å². The molecule has 1 aliphatic carbocycles. The van der Waals surface area contributed by atoms with Gasteiger partial charge in [0, 0.05) is 6.54 Å². The number of aliphatic hydroxyl groups excluding tert-OH is 1. The van der Waals surface area contributed by atoms with Gasteiger partial charge in [-0.3, -0.25) is 0 Å². The van der Waals surface area contributed by atoms with Crippen molar-refractivity contribution in [3.8, 4) is 5.88 Å². The van der Waals surface area contributed by atoms with Crippen LogP contribution >= 0.6 is 0 Å². The number of halogens is 2. The van der Waals surface area contributed by atoms with Crippen molar-refractivity contribution in [1.82, 2.24) is 4.98 Å². The lowest BCUT2D eigenvalue weighted by atomic mass is 10.3. The van der Waals surface area contributed by atoms with Gasteiger partial charge in [0.25, 0.3) is 6.43 Å². The van der Waals surface area contributed by atoms with E-state index >= 15 is 0 Å². The Hall–Kier alpha value is -1.63. The molecule has 1 heterocycles. The van der Waals surface area contributed by atoms with Crippen LogP contribution in [0.25, 0.3) is 0 Å². The molecule has 106 valence electrons. The fourth-order valence-electron chi connectivity index (χ4n) is 1.44. The summed E-state index contributed by atoms with van der Waals surface area (Å²) in [5.41, 5.74) is 6.12. The van der Waals surface area contributed by atoms with E-state index in [1.54, 1.807) is 12.1 Å². The summed E-state index contributed by atoms with van der Waals surface area (Å²) in [5.74, 6) is 1.21. The number of nitrogens with zero attached hydrogens (tertiary/aromatic N) is 1. The van der Waals surface area contributed by atoms with Crippen LogP contribution in [0, 0.1) is 5.92 Å². The molecule has 0 radical (unpaired) electrons. The van der Waals surface area contributed by atoms with Crippen molar-refractivity contribution in [2.75, 3.05) is 24.2 Å². The number of nitrogens with one attached hydrogen (secondary N) is 1. The predicted molar refractivity (Wildman–Crippen MR) is 67.4 cm³/mol. The van der Waals surface area contributed by atoms with Crippen LogP contribution < -0.4 is 15.8 Å². The van der Waals surface area contributed by atoms with Gasteiger partial charge >= 0.3 is 0 Å². The van der Waals surface area contributed by atoms with E-state index < -0.39 is 12.5 Å². The van der Waals surface area contributed by atoms with Gasteiger partial charge in [0.2, 0.25) is 5.88 Å². The van der Waals surface area contributed by atoms with Gasteiger partial charge in [-0.05, 0) is 30.9 Å². The molecule has 0 spiro atoms. The molecule has 0 aromatic carbocycles. The third-order valence-corrected chi connectivity index (χ3v) is 2.83. The Balaban J connectivity index is 1.90. The van der Waals surface area contributed by atoms with E-state index in [0.717, 1.165) is 12.8 Å². The molecule has 5 nitrogen and oxygen atoms in total. The van der Waals surface area contributed by atoms with Crippen molar-refractivity contribution in [3.63, 3.8) is 0 Å². The zero-order chi connectivity index (χ0) is 13.8. The smallest absolute Gasteiger partial charge is 0.265 e. The fraction of sp³-hybridized carbons (Fsp3) is 0.583. The first-order valence-electron chi connectivity index (χ1n) is 6.15. The van der Waals surface area contributed by atoms with Crippen LogP contribution in [0.3, 0.4) is 0 Å². The van der Waals surface area contributed by atoms with Crippen LogP contribution in [0.5, 0.6) is 5.88 Å². The summed E-state index contributed by atoms with van der Waals surface area (Å²) in [7, 11) is 0. The summed E-state index contributed by atoms with van der Waals surface area (Å²) in [6, 6.07) is 3.14. The summed E-state index contributed by atoms with van der Waals surface area (Å²) in [4.78, 5) is 4.09. The summed E-state index contributed by atoms with van der Waals surface area (Å²) in [6.07, 6.45) is -2.21. The zero-order valence-electron chi connectivity index (χ0n) is 10.4. The van der Waals surface area contributed by atoms with Crippen LogP contribution in [-0.2, 0) is 0 Å². The number of alkyl halides is 2. The van der Waals surface area contributed by atoms with E-state index in [1.165, 1.54) is 0 Å². The second kappa shape index (κ2) is 6.01. The third-order valence-electron chi connectivity index (χ3n) is 2.83. The van der Waals surface area contributed by atoms with Crippen molar-refractivity contribution < 1.29 is 18.6 Å². The first kappa shape index (κ1) is 13.8. The molecule has 1 aliphatic rings. The van der Waals surface area contributed by atoms with Crippen LogP contribution in [0.2, 0.25) is 0 Å². The molecule has 4 N–H and O–H groups in total. The number of nitrogens with two attached hydrogens (primary N) is 1. The van der Waals surface area contributed by atoms with E-state index in [0.29, 0.717) is 29.9 Å². The molecular weight excluding hydrogens is 256 g/mol. The number of rotatable bonds is 7. The molecule has 1 saturated carbocycles. The maximum absolute atomic E-state index is 12.1. The first-order valence-corrected chi connectivity index (χ1v) is 6.15. The van der Waals surface area contributed by atoms with Gasteiger partial charge in [-0.25, -0.2) is 8.78 Å². The molecule has 0 bridgehead atoms. The largest absolute Gasteiger partial charge is 0.476 e. The molecule has 2 rings (SSSR count). The number of ether oxygens (including phenoxy) is 1. The second-order valence-electron chi connectivity index (χ2n) is 4.63. The highest BCUT2D eigenvalue weighted by molar-refractivity contribution is 5.53. The molecular formula is C12H17F2N3O2. The summed E-state index contributed by atoms with van der Waals surface area (Å²) in [6.45, 7) is 0.289. The molecule has 1 unspecified atom stereocenters. The molecule has 0 amide bonds. The average Bonchev–Trinajstić information content (AvgIpc) is 3.19. The molecule has 0 saturated heterocycles. The Morgan fingerprint density at radius 1 is 1.47 bits per heavy atom. The highest BCUT2D eigenvalue weighted by atomic mass is 19.3. The van der Waals surface area contributed by atoms with Crippen molar-refractivity contribution >= 4 is 11.5 Å². The van der Waals surface area contributed by atoms with Gasteiger partial charge in [-0.2, -0.15) is 4.98 Å². The summed E-state index contributed by atoms with van der Waals surface area (Å²) < 4.78 is 29.7. The molecule has 1 aromatic rings. The Kier molecular flexibility index (Phi) is 4.36. The predicted octanol–water partition coefficient (Wildman–Crippen LogP) is 1.49. The number of anilines is 2. The first-order chi connectivity index (χ1) is 9.06. The van der Waals surface area contributed by atoms with Crippen molar-refractivity contribution in [2.45, 2.75) is 25.4 Å². The van der Waals surface area contributed by atoms with Gasteiger partial charge in [-0.1, -0.05) is 0 Å². The van der Waals surface area contributed by atoms with E-state index in [9.17, 15) is 8.78 Å². The number of hydrogen-bond acceptors (Lipinski definition) is 5. The third kappa shape index (κ3) is 4.20. The number of pyridine rings is 1. The van der Waals surface area contributed by atoms with Crippen LogP contribution in [0.15, 0.2) is 12.1 Å². The van der Waals surface area contributed by atoms with Gasteiger partial charge in [0.05, 0.1) is 12.3 Å². The second-order valence-corrected chi connectivity index (χ2v) is 4.63. The van der Waals surface area contributed by atoms with Gasteiger partial charge in [0.15, 0.2) is 0 Å². The van der Waals surface area contributed by atoms with E-state index in [1.807, 2.05) is 0 Å². The molecule has 1 fully saturated rings. The molecule has 1 aromatic heterocycles. The van der Waals surface area contributed by atoms with Gasteiger partial charge < -0.3 is 20.9 Å². The minimum absolute atomic E-state index is 0.281. The van der Waals surface area contributed by atoms with Crippen molar-refractivity contribution in [3.05, 3.63) is 12.1 Å². The molecule has 7 heteroatoms. The maximum atomic E-state index is 12.1. The zero-order valence-corrected chi connectivity index (χ0v) is 10.4. The normalized spacial score (nSPS) is 16.4. The topological polar surface area (TPSA) is 80.4 Å². The number of aromatic nitrogens is 1. The summed E-state index contributed by atoms with van der Waals surface area (Å²) >= 11 is 0. The highest BCUT2D eigenvalue weighted by Crippen LogP contribution is 2.30. The number of nitrogen functional groups attached to an aromatic ring is 1. The summed E-state index contributed by atoms with van der Waals surface area (Å²) in [5, 5.41) is 11.6. The van der Waals surface area contributed by atoms with E-state index in [-0.39, 0.29) is 6.54 Å². The average molecular weight is 273 g/mol. The lowest BCUT2D eigenvalue weighted by Gasteiger charge is -2.13. The lowest BCUT2D eigenvalue weighted by Crippen LogP contribution is -2.27. The maximum Gasteiger partial charge on any atom is 0.265 e. The standard InChI is InChI=1S/C12H17F2N3O2/c13-11(14)9(18)5-16-10-4-3-8(15)12(17-10)19-6-7-1-2-7/h3-4,7,9,11,18H,1-2,5-6,15H2,(H,16,17). The molecule has 1 atom stereocenters. The molecule has 0 aliphatic heterocycles. The monoisotopic (exact) mass is 273 g/mol. The van der Waals surface area contributed by atoms with E-state index in [4.69, 9.17) is 15.6 Å². The van der Waals surface area contributed by atoms with Crippen LogP contribution in [0.1, 0.15) is 12.8 Å². The Labute approximate surface area is 109 Å². The van der Waals surface area contributed by atoms with Crippen molar-refractivity contribution in [2.24, 2.45) is 5.92 Å². The van der Waals surface area contributed by atoms with Gasteiger partial charge in [-0.15, -0.1) is 0 Å². The Morgan fingerprint density at radius 2 is 2.21 bits per heavy atom. The van der Waals surface area contributed by atoms with Crippen LogP contribution in [0.4, 0.5) is 20.3 Å². The number of hydrogen-bond donors (Lipinski definition) is 3. The highest BCUT2D eigenvalue weighted by Gasteiger charge is 2.22. The number of aliphatic hydroxyl groups is 1. The Morgan fingerprint density at radius 3 is 2.84 bits per heavy atom. The minimum atomic E-state index is -2.79. The Bertz CT molecular complexity index is 427.